The number of rotatable bonds is 6. The Morgan fingerprint density at radius 1 is 0.829 bits per heavy atom. The third-order valence-corrected chi connectivity index (χ3v) is 6.14. The van der Waals surface area contributed by atoms with Gasteiger partial charge in [-0.15, -0.1) is 0 Å². The molecule has 2 unspecified atom stereocenters. The van der Waals surface area contributed by atoms with E-state index in [4.69, 9.17) is 23.4 Å². The molecule has 1 aromatic heterocycles. The van der Waals surface area contributed by atoms with Crippen LogP contribution in [0.2, 0.25) is 0 Å². The van der Waals surface area contributed by atoms with E-state index in [1.54, 1.807) is 13.0 Å². The molecule has 2 aromatic rings. The van der Waals surface area contributed by atoms with Crippen molar-refractivity contribution < 1.29 is 59.1 Å². The van der Waals surface area contributed by atoms with Crippen LogP contribution >= 0.6 is 0 Å². The smallest absolute Gasteiger partial charge is 0.336 e. The summed E-state index contributed by atoms with van der Waals surface area (Å²) in [7, 11) is 0. The van der Waals surface area contributed by atoms with Gasteiger partial charge in [0.1, 0.15) is 54.1 Å². The Bertz CT molecular complexity index is 1070. The van der Waals surface area contributed by atoms with Gasteiger partial charge in [-0.1, -0.05) is 0 Å². The summed E-state index contributed by atoms with van der Waals surface area (Å²) in [5, 5.41) is 70.9. The fourth-order valence-electron chi connectivity index (χ4n) is 4.14. The highest BCUT2D eigenvalue weighted by Crippen LogP contribution is 2.31. The van der Waals surface area contributed by atoms with Gasteiger partial charge in [0.15, 0.2) is 12.4 Å². The molecule has 2 fully saturated rings. The van der Waals surface area contributed by atoms with Crippen LogP contribution in [0.4, 0.5) is 0 Å². The highest BCUT2D eigenvalue weighted by molar-refractivity contribution is 5.81. The zero-order valence-corrected chi connectivity index (χ0v) is 18.6. The van der Waals surface area contributed by atoms with Crippen LogP contribution < -0.4 is 10.4 Å². The minimum absolute atomic E-state index is 0.124. The van der Waals surface area contributed by atoms with E-state index in [1.165, 1.54) is 18.2 Å². The van der Waals surface area contributed by atoms with Crippen LogP contribution in [0.3, 0.4) is 0 Å². The Kier molecular flexibility index (Phi) is 7.73. The summed E-state index contributed by atoms with van der Waals surface area (Å²) in [6.45, 7) is 0.361. The van der Waals surface area contributed by atoms with Gasteiger partial charge in [0.25, 0.3) is 0 Å². The second-order valence-corrected chi connectivity index (χ2v) is 8.53. The Labute approximate surface area is 198 Å². The van der Waals surface area contributed by atoms with Crippen molar-refractivity contribution in [3.05, 3.63) is 40.2 Å². The molecule has 13 heteroatoms. The van der Waals surface area contributed by atoms with Crippen molar-refractivity contribution in [2.45, 2.75) is 68.3 Å². The van der Waals surface area contributed by atoms with E-state index in [0.717, 1.165) is 0 Å². The molecule has 0 aliphatic carbocycles. The second-order valence-electron chi connectivity index (χ2n) is 8.53. The molecular formula is C22H28O13. The molecule has 2 saturated heterocycles. The summed E-state index contributed by atoms with van der Waals surface area (Å²) in [6.07, 6.45) is -15.7. The molecule has 194 valence electrons. The Morgan fingerprint density at radius 2 is 1.46 bits per heavy atom. The minimum atomic E-state index is -1.79. The molecule has 35 heavy (non-hydrogen) atoms. The van der Waals surface area contributed by atoms with Gasteiger partial charge in [0.2, 0.25) is 6.29 Å². The summed E-state index contributed by atoms with van der Waals surface area (Å²) >= 11 is 0. The first-order valence-corrected chi connectivity index (χ1v) is 10.9. The number of aryl methyl sites for hydroxylation is 1. The van der Waals surface area contributed by atoms with E-state index in [9.17, 15) is 40.5 Å². The van der Waals surface area contributed by atoms with Crippen molar-refractivity contribution in [2.24, 2.45) is 0 Å². The summed E-state index contributed by atoms with van der Waals surface area (Å²) in [5.41, 5.74) is 0.331. The third kappa shape index (κ3) is 5.06. The molecule has 7 N–H and O–H groups in total. The average Bonchev–Trinajstić information content (AvgIpc) is 2.83. The Hall–Kier alpha value is -2.17. The number of aliphatic hydroxyl groups excluding tert-OH is 7. The van der Waals surface area contributed by atoms with Crippen LogP contribution in [0.25, 0.3) is 11.0 Å². The highest BCUT2D eigenvalue weighted by atomic mass is 16.8. The molecule has 10 atom stereocenters. The van der Waals surface area contributed by atoms with Crippen molar-refractivity contribution in [3.63, 3.8) is 0 Å². The molecule has 3 heterocycles. The maximum Gasteiger partial charge on any atom is 0.336 e. The number of benzene rings is 1. The second kappa shape index (κ2) is 10.4. The quantitative estimate of drug-likeness (QED) is 0.199. The van der Waals surface area contributed by atoms with Crippen molar-refractivity contribution in [1.82, 2.24) is 0 Å². The summed E-state index contributed by atoms with van der Waals surface area (Å²) in [5.74, 6) is 0.124. The average molecular weight is 500 g/mol. The van der Waals surface area contributed by atoms with E-state index in [-0.39, 0.29) is 11.3 Å². The zero-order chi connectivity index (χ0) is 25.4. The van der Waals surface area contributed by atoms with Crippen LogP contribution in [0.1, 0.15) is 5.56 Å². The maximum atomic E-state index is 11.7. The van der Waals surface area contributed by atoms with Gasteiger partial charge in [-0.3, -0.25) is 0 Å². The fourth-order valence-corrected chi connectivity index (χ4v) is 4.14. The fraction of sp³-hybridized carbons (Fsp3) is 0.591. The summed E-state index contributed by atoms with van der Waals surface area (Å²) < 4.78 is 27.5. The molecule has 0 bridgehead atoms. The van der Waals surface area contributed by atoms with Gasteiger partial charge < -0.3 is 59.1 Å². The van der Waals surface area contributed by atoms with Crippen molar-refractivity contribution in [1.29, 1.82) is 0 Å². The highest BCUT2D eigenvalue weighted by Gasteiger charge is 2.51. The molecule has 0 saturated carbocycles. The van der Waals surface area contributed by atoms with Gasteiger partial charge in [-0.2, -0.15) is 0 Å². The minimum Gasteiger partial charge on any atom is -0.462 e. The molecule has 0 radical (unpaired) electrons. The molecule has 4 rings (SSSR count). The molecule has 0 spiro atoms. The van der Waals surface area contributed by atoms with E-state index in [1.807, 2.05) is 0 Å². The Morgan fingerprint density at radius 3 is 2.11 bits per heavy atom. The predicted molar refractivity (Wildman–Crippen MR) is 114 cm³/mol. The first-order chi connectivity index (χ1) is 16.6. The molecule has 1 aromatic carbocycles. The van der Waals surface area contributed by atoms with Crippen LogP contribution in [0.5, 0.6) is 5.75 Å². The largest absolute Gasteiger partial charge is 0.462 e. The summed E-state index contributed by atoms with van der Waals surface area (Å²) in [6, 6.07) is 5.91. The monoisotopic (exact) mass is 500 g/mol. The molecular weight excluding hydrogens is 472 g/mol. The van der Waals surface area contributed by atoms with Gasteiger partial charge >= 0.3 is 5.63 Å². The standard InChI is InChI=1S/C22H28O13/c1-8-4-14(25)32-11-5-9(2-3-10(8)11)31-22-20(18(29)16(27)13(7-24)34-22)35-21-19(30)17(28)15(26)12(6-23)33-21/h2-5,12-13,15-24,26-30H,6-7H2,1H3/t12-,13-,15-,16-,17+,18+,19-,20-,21?,22?/m1/s1. The van der Waals surface area contributed by atoms with Gasteiger partial charge in [-0.25, -0.2) is 4.79 Å². The number of fused-ring (bicyclic) bond motifs is 1. The van der Waals surface area contributed by atoms with E-state index >= 15 is 0 Å². The van der Waals surface area contributed by atoms with Gasteiger partial charge in [0, 0.05) is 17.5 Å². The topological polar surface area (TPSA) is 209 Å². The van der Waals surface area contributed by atoms with Crippen LogP contribution in [-0.2, 0) is 14.2 Å². The third-order valence-electron chi connectivity index (χ3n) is 6.14. The van der Waals surface area contributed by atoms with Crippen molar-refractivity contribution >= 4 is 11.0 Å². The van der Waals surface area contributed by atoms with Crippen LogP contribution in [0.15, 0.2) is 33.5 Å². The molecule has 0 amide bonds. The first-order valence-electron chi connectivity index (χ1n) is 10.9. The van der Waals surface area contributed by atoms with E-state index in [2.05, 4.69) is 0 Å². The van der Waals surface area contributed by atoms with Gasteiger partial charge in [-0.05, 0) is 24.6 Å². The summed E-state index contributed by atoms with van der Waals surface area (Å²) in [4.78, 5) is 11.7. The van der Waals surface area contributed by atoms with Gasteiger partial charge in [0.05, 0.1) is 13.2 Å². The molecule has 2 aliphatic rings. The number of hydrogen-bond acceptors (Lipinski definition) is 13. The number of aliphatic hydroxyl groups is 7. The van der Waals surface area contributed by atoms with Crippen molar-refractivity contribution in [3.8, 4) is 5.75 Å². The molecule has 13 nitrogen and oxygen atoms in total. The van der Waals surface area contributed by atoms with E-state index < -0.39 is 80.3 Å². The SMILES string of the molecule is Cc1cc(=O)oc2cc(OC3O[C@H](CO)[C@@H](O)[C@H](O)[C@H]3OC3O[C@H](CO)[C@@H](O)[C@H](O)[C@H]3O)ccc12. The van der Waals surface area contributed by atoms with E-state index in [0.29, 0.717) is 10.9 Å². The predicted octanol–water partition coefficient (Wildman–Crippen LogP) is -2.90. The molecule has 2 aliphatic heterocycles. The lowest BCUT2D eigenvalue weighted by Crippen LogP contribution is -2.65. The lowest BCUT2D eigenvalue weighted by atomic mass is 9.97. The first kappa shape index (κ1) is 25.9. The number of hydrogen-bond donors (Lipinski definition) is 7. The Balaban J connectivity index is 1.61. The normalized spacial score (nSPS) is 37.9. The maximum absolute atomic E-state index is 11.7. The van der Waals surface area contributed by atoms with Crippen LogP contribution in [-0.4, -0.2) is 110 Å². The zero-order valence-electron chi connectivity index (χ0n) is 18.6. The number of ether oxygens (including phenoxy) is 4. The van der Waals surface area contributed by atoms with Crippen molar-refractivity contribution in [2.75, 3.05) is 13.2 Å². The lowest BCUT2D eigenvalue weighted by Gasteiger charge is -2.45. The lowest BCUT2D eigenvalue weighted by molar-refractivity contribution is -0.357. The van der Waals surface area contributed by atoms with Crippen LogP contribution in [0, 0.1) is 6.92 Å².